The van der Waals surface area contributed by atoms with E-state index in [0.717, 1.165) is 5.56 Å². The molecular formula is C17H26F2N2O3. The summed E-state index contributed by atoms with van der Waals surface area (Å²) in [7, 11) is 0. The number of rotatable bonds is 8. The monoisotopic (exact) mass is 344 g/mol. The van der Waals surface area contributed by atoms with Crippen molar-refractivity contribution in [3.8, 4) is 5.75 Å². The second kappa shape index (κ2) is 8.82. The Hall–Kier alpha value is -1.89. The highest BCUT2D eigenvalue weighted by Crippen LogP contribution is 2.21. The molecule has 2 atom stereocenters. The number of benzene rings is 1. The maximum absolute atomic E-state index is 12.1. The van der Waals surface area contributed by atoms with Gasteiger partial charge >= 0.3 is 12.6 Å². The van der Waals surface area contributed by atoms with Gasteiger partial charge in [-0.25, -0.2) is 4.79 Å². The number of carbonyl (C=O) groups excluding carboxylic acids is 1. The first-order valence-electron chi connectivity index (χ1n) is 7.86. The van der Waals surface area contributed by atoms with E-state index in [1.54, 1.807) is 26.0 Å². The maximum Gasteiger partial charge on any atom is 0.387 e. The molecule has 0 spiro atoms. The van der Waals surface area contributed by atoms with E-state index >= 15 is 0 Å². The molecule has 0 aliphatic rings. The Bertz CT molecular complexity index is 519. The fourth-order valence-electron chi connectivity index (χ4n) is 2.46. The highest BCUT2D eigenvalue weighted by atomic mass is 19.3. The molecule has 0 bridgehead atoms. The van der Waals surface area contributed by atoms with Crippen molar-refractivity contribution in [1.82, 2.24) is 10.6 Å². The van der Waals surface area contributed by atoms with Crippen molar-refractivity contribution in [2.45, 2.75) is 52.9 Å². The first-order chi connectivity index (χ1) is 11.1. The predicted molar refractivity (Wildman–Crippen MR) is 88.1 cm³/mol. The van der Waals surface area contributed by atoms with Crippen LogP contribution in [0.15, 0.2) is 24.3 Å². The third-order valence-electron chi connectivity index (χ3n) is 3.53. The number of alkyl halides is 2. The minimum Gasteiger partial charge on any atom is -0.435 e. The summed E-state index contributed by atoms with van der Waals surface area (Å²) >= 11 is 0. The van der Waals surface area contributed by atoms with Crippen molar-refractivity contribution in [3.05, 3.63) is 29.8 Å². The van der Waals surface area contributed by atoms with Gasteiger partial charge in [-0.15, -0.1) is 0 Å². The molecule has 1 aromatic carbocycles. The van der Waals surface area contributed by atoms with Crippen LogP contribution >= 0.6 is 0 Å². The number of amides is 2. The van der Waals surface area contributed by atoms with Gasteiger partial charge in [0.2, 0.25) is 0 Å². The minimum atomic E-state index is -2.86. The molecule has 136 valence electrons. The Morgan fingerprint density at radius 2 is 1.83 bits per heavy atom. The number of hydrogen-bond donors (Lipinski definition) is 3. The molecule has 0 aliphatic heterocycles. The number of hydrogen-bond acceptors (Lipinski definition) is 3. The number of aliphatic hydroxyl groups excluding tert-OH is 1. The number of nitrogens with one attached hydrogen (secondary N) is 2. The molecule has 5 nitrogen and oxygen atoms in total. The molecule has 0 fully saturated rings. The van der Waals surface area contributed by atoms with Crippen molar-refractivity contribution in [2.75, 3.05) is 6.54 Å². The van der Waals surface area contributed by atoms with Crippen LogP contribution in [-0.2, 0) is 0 Å². The van der Waals surface area contributed by atoms with Gasteiger partial charge in [-0.1, -0.05) is 26.0 Å². The fourth-order valence-corrected chi connectivity index (χ4v) is 2.46. The van der Waals surface area contributed by atoms with Crippen LogP contribution in [0, 0.1) is 5.41 Å². The van der Waals surface area contributed by atoms with Gasteiger partial charge in [-0.2, -0.15) is 8.78 Å². The topological polar surface area (TPSA) is 70.6 Å². The molecule has 2 amide bonds. The summed E-state index contributed by atoms with van der Waals surface area (Å²) in [6, 6.07) is 5.51. The summed E-state index contributed by atoms with van der Waals surface area (Å²) in [6.45, 7) is 5.00. The zero-order chi connectivity index (χ0) is 18.3. The SMILES string of the molecule is CC(O)CC(C)(C)CNC(=O)NC(C)c1ccc(OC(F)F)cc1. The van der Waals surface area contributed by atoms with E-state index in [1.165, 1.54) is 12.1 Å². The van der Waals surface area contributed by atoms with Crippen molar-refractivity contribution < 1.29 is 23.4 Å². The first kappa shape index (κ1) is 20.2. The smallest absolute Gasteiger partial charge is 0.387 e. The lowest BCUT2D eigenvalue weighted by molar-refractivity contribution is -0.0498. The Morgan fingerprint density at radius 1 is 1.25 bits per heavy atom. The number of ether oxygens (including phenoxy) is 1. The predicted octanol–water partition coefficient (Wildman–Crippen LogP) is 3.45. The van der Waals surface area contributed by atoms with Gasteiger partial charge in [0, 0.05) is 6.54 Å². The summed E-state index contributed by atoms with van der Waals surface area (Å²) < 4.78 is 28.5. The fraction of sp³-hybridized carbons (Fsp3) is 0.588. The van der Waals surface area contributed by atoms with E-state index in [9.17, 15) is 18.7 Å². The van der Waals surface area contributed by atoms with Crippen LogP contribution in [0.25, 0.3) is 0 Å². The third kappa shape index (κ3) is 7.59. The zero-order valence-corrected chi connectivity index (χ0v) is 14.5. The molecule has 3 N–H and O–H groups in total. The third-order valence-corrected chi connectivity index (χ3v) is 3.53. The summed E-state index contributed by atoms with van der Waals surface area (Å²) in [4.78, 5) is 12.0. The zero-order valence-electron chi connectivity index (χ0n) is 14.5. The Labute approximate surface area is 141 Å². The second-order valence-electron chi connectivity index (χ2n) is 6.71. The van der Waals surface area contributed by atoms with E-state index < -0.39 is 12.7 Å². The molecule has 0 saturated heterocycles. The summed E-state index contributed by atoms with van der Waals surface area (Å²) in [5.74, 6) is 0.0743. The number of carbonyl (C=O) groups is 1. The summed E-state index contributed by atoms with van der Waals surface area (Å²) in [6.07, 6.45) is 0.145. The van der Waals surface area contributed by atoms with Crippen LogP contribution in [0.5, 0.6) is 5.75 Å². The molecule has 0 aromatic heterocycles. The lowest BCUT2D eigenvalue weighted by Gasteiger charge is -2.27. The van der Waals surface area contributed by atoms with Crippen LogP contribution in [0.3, 0.4) is 0 Å². The van der Waals surface area contributed by atoms with Crippen molar-refractivity contribution in [2.24, 2.45) is 5.41 Å². The second-order valence-corrected chi connectivity index (χ2v) is 6.71. The minimum absolute atomic E-state index is 0.0743. The molecule has 1 rings (SSSR count). The maximum atomic E-state index is 12.1. The van der Waals surface area contributed by atoms with Crippen LogP contribution < -0.4 is 15.4 Å². The van der Waals surface area contributed by atoms with E-state index in [2.05, 4.69) is 15.4 Å². The highest BCUT2D eigenvalue weighted by Gasteiger charge is 2.21. The highest BCUT2D eigenvalue weighted by molar-refractivity contribution is 5.74. The number of aliphatic hydroxyl groups is 1. The molecule has 0 aliphatic carbocycles. The van der Waals surface area contributed by atoms with Gasteiger partial charge in [-0.3, -0.25) is 0 Å². The molecular weight excluding hydrogens is 318 g/mol. The lowest BCUT2D eigenvalue weighted by Crippen LogP contribution is -2.42. The largest absolute Gasteiger partial charge is 0.435 e. The standard InChI is InChI=1S/C17H26F2N2O3/c1-11(22)9-17(3,4)10-20-16(23)21-12(2)13-5-7-14(8-6-13)24-15(18)19/h5-8,11-12,15,22H,9-10H2,1-4H3,(H2,20,21,23). The number of urea groups is 1. The van der Waals surface area contributed by atoms with Crippen molar-refractivity contribution in [1.29, 1.82) is 0 Å². The van der Waals surface area contributed by atoms with Crippen LogP contribution in [0.4, 0.5) is 13.6 Å². The van der Waals surface area contributed by atoms with Gasteiger partial charge in [0.25, 0.3) is 0 Å². The molecule has 0 saturated carbocycles. The van der Waals surface area contributed by atoms with Crippen molar-refractivity contribution >= 4 is 6.03 Å². The quantitative estimate of drug-likeness (QED) is 0.676. The van der Waals surface area contributed by atoms with Gasteiger partial charge in [0.05, 0.1) is 12.1 Å². The average molecular weight is 344 g/mol. The Morgan fingerprint density at radius 3 is 2.33 bits per heavy atom. The Balaban J connectivity index is 2.49. The van der Waals surface area contributed by atoms with Crippen LogP contribution in [0.2, 0.25) is 0 Å². The van der Waals surface area contributed by atoms with E-state index in [4.69, 9.17) is 0 Å². The molecule has 0 radical (unpaired) electrons. The molecule has 2 unspecified atom stereocenters. The summed E-state index contributed by atoms with van der Waals surface area (Å²) in [5, 5.41) is 15.0. The molecule has 1 aromatic rings. The van der Waals surface area contributed by atoms with Crippen LogP contribution in [0.1, 0.15) is 45.7 Å². The molecule has 24 heavy (non-hydrogen) atoms. The average Bonchev–Trinajstić information content (AvgIpc) is 2.44. The molecule has 0 heterocycles. The van der Waals surface area contributed by atoms with Gasteiger partial charge in [0.15, 0.2) is 0 Å². The van der Waals surface area contributed by atoms with E-state index in [1.807, 2.05) is 13.8 Å². The van der Waals surface area contributed by atoms with Crippen LogP contribution in [-0.4, -0.2) is 30.4 Å². The lowest BCUT2D eigenvalue weighted by atomic mass is 9.87. The molecule has 7 heteroatoms. The first-order valence-corrected chi connectivity index (χ1v) is 7.86. The summed E-state index contributed by atoms with van der Waals surface area (Å²) in [5.41, 5.74) is 0.554. The van der Waals surface area contributed by atoms with Gasteiger partial charge in [0.1, 0.15) is 5.75 Å². The van der Waals surface area contributed by atoms with Gasteiger partial charge < -0.3 is 20.5 Å². The van der Waals surface area contributed by atoms with Gasteiger partial charge in [-0.05, 0) is 43.4 Å². The number of halogens is 2. The van der Waals surface area contributed by atoms with E-state index in [-0.39, 0.29) is 23.2 Å². The normalized spacial score (nSPS) is 14.2. The van der Waals surface area contributed by atoms with Crippen molar-refractivity contribution in [3.63, 3.8) is 0 Å². The van der Waals surface area contributed by atoms with E-state index in [0.29, 0.717) is 13.0 Å². The Kier molecular flexibility index (Phi) is 7.41.